The van der Waals surface area contributed by atoms with Crippen LogP contribution in [0.25, 0.3) is 0 Å². The number of carbonyl (C=O) groups excluding carboxylic acids is 1. The Balaban J connectivity index is 2.66. The summed E-state index contributed by atoms with van der Waals surface area (Å²) in [5, 5.41) is 0. The van der Waals surface area contributed by atoms with E-state index in [4.69, 9.17) is 9.47 Å². The zero-order chi connectivity index (χ0) is 23.7. The fourth-order valence-corrected chi connectivity index (χ4v) is 4.88. The first kappa shape index (κ1) is 27.6. The molecule has 1 fully saturated rings. The van der Waals surface area contributed by atoms with Crippen LogP contribution >= 0.6 is 0 Å². The van der Waals surface area contributed by atoms with E-state index in [1.807, 2.05) is 19.1 Å². The minimum atomic E-state index is -1.17. The second-order valence-corrected chi connectivity index (χ2v) is 16.5. The maximum Gasteiger partial charge on any atom is 0.330 e. The van der Waals surface area contributed by atoms with Crippen LogP contribution in [0, 0.1) is 17.3 Å². The molecule has 3 unspecified atom stereocenters. The lowest BCUT2D eigenvalue weighted by Gasteiger charge is -2.45. The number of esters is 1. The fraction of sp³-hybridized carbons (Fsp3) is 0.667. The Bertz CT molecular complexity index is 692. The lowest BCUT2D eigenvalue weighted by molar-refractivity contribution is -0.137. The van der Waals surface area contributed by atoms with Crippen LogP contribution in [0.4, 0.5) is 0 Å². The summed E-state index contributed by atoms with van der Waals surface area (Å²) in [6.07, 6.45) is 14.9. The van der Waals surface area contributed by atoms with Crippen molar-refractivity contribution in [3.63, 3.8) is 0 Å². The molecular weight excluding hydrogens is 400 g/mol. The molecule has 3 atom stereocenters. The lowest BCUT2D eigenvalue weighted by atomic mass is 9.63. The van der Waals surface area contributed by atoms with Gasteiger partial charge in [-0.3, -0.25) is 0 Å². The quantitative estimate of drug-likeness (QED) is 0.152. The van der Waals surface area contributed by atoms with Gasteiger partial charge < -0.3 is 9.47 Å². The Morgan fingerprint density at radius 2 is 1.81 bits per heavy atom. The monoisotopic (exact) mass is 446 g/mol. The summed E-state index contributed by atoms with van der Waals surface area (Å²) in [6.45, 7) is 21.3. The van der Waals surface area contributed by atoms with Gasteiger partial charge in [-0.1, -0.05) is 76.4 Å². The molecule has 0 aromatic heterocycles. The average Bonchev–Trinajstić information content (AvgIpc) is 2.62. The largest absolute Gasteiger partial charge is 0.463 e. The van der Waals surface area contributed by atoms with Gasteiger partial charge in [0.1, 0.15) is 0 Å². The normalized spacial score (nSPS) is 25.4. The Labute approximate surface area is 192 Å². The highest BCUT2D eigenvalue weighted by Gasteiger charge is 2.40. The molecule has 0 heterocycles. The number of carbonyl (C=O) groups is 1. The smallest absolute Gasteiger partial charge is 0.330 e. The Kier molecular flexibility index (Phi) is 11.2. The van der Waals surface area contributed by atoms with E-state index in [9.17, 15) is 4.79 Å². The van der Waals surface area contributed by atoms with Gasteiger partial charge >= 0.3 is 5.97 Å². The maximum absolute atomic E-state index is 11.9. The second-order valence-electron chi connectivity index (χ2n) is 10.9. The van der Waals surface area contributed by atoms with Crippen molar-refractivity contribution in [2.75, 3.05) is 13.2 Å². The first-order valence-electron chi connectivity index (χ1n) is 11.9. The van der Waals surface area contributed by atoms with Crippen molar-refractivity contribution >= 4 is 14.0 Å². The number of ether oxygens (including phenoxy) is 2. The van der Waals surface area contributed by atoms with Crippen LogP contribution in [-0.2, 0) is 14.3 Å². The molecule has 176 valence electrons. The minimum Gasteiger partial charge on any atom is -0.463 e. The summed E-state index contributed by atoms with van der Waals surface area (Å²) in [7, 11) is -1.17. The summed E-state index contributed by atoms with van der Waals surface area (Å²) in [5.41, 5.74) is 2.38. The first-order valence-corrected chi connectivity index (χ1v) is 15.6. The predicted molar refractivity (Wildman–Crippen MR) is 136 cm³/mol. The van der Waals surface area contributed by atoms with Gasteiger partial charge in [-0.25, -0.2) is 4.79 Å². The number of rotatable bonds is 10. The molecule has 1 saturated carbocycles. The molecule has 4 heteroatoms. The fourth-order valence-electron chi connectivity index (χ4n) is 4.17. The summed E-state index contributed by atoms with van der Waals surface area (Å²) in [6, 6.07) is 0.997. The van der Waals surface area contributed by atoms with Crippen molar-refractivity contribution in [3.8, 4) is 0 Å². The van der Waals surface area contributed by atoms with Gasteiger partial charge in [0.05, 0.1) is 12.7 Å². The summed E-state index contributed by atoms with van der Waals surface area (Å²) in [4.78, 5) is 11.9. The molecule has 0 radical (unpaired) electrons. The van der Waals surface area contributed by atoms with Crippen LogP contribution in [0.15, 0.2) is 47.6 Å². The highest BCUT2D eigenvalue weighted by atomic mass is 28.3. The zero-order valence-electron chi connectivity index (χ0n) is 21.5. The first-order chi connectivity index (χ1) is 14.4. The number of hydrogen-bond acceptors (Lipinski definition) is 3. The SMILES string of the molecule is CCOC1CCC(C)(C)C(C=CC(C)=CC=CC(C)=CC(=O)OCC[Si](C)(C)C)C1C. The van der Waals surface area contributed by atoms with E-state index in [1.54, 1.807) is 6.08 Å². The van der Waals surface area contributed by atoms with Gasteiger partial charge in [0.15, 0.2) is 0 Å². The highest BCUT2D eigenvalue weighted by molar-refractivity contribution is 6.76. The van der Waals surface area contributed by atoms with Crippen molar-refractivity contribution in [3.05, 3.63) is 47.6 Å². The van der Waals surface area contributed by atoms with Gasteiger partial charge in [0.2, 0.25) is 0 Å². The Morgan fingerprint density at radius 3 is 2.42 bits per heavy atom. The van der Waals surface area contributed by atoms with Crippen molar-refractivity contribution < 1.29 is 14.3 Å². The van der Waals surface area contributed by atoms with Crippen LogP contribution in [0.3, 0.4) is 0 Å². The zero-order valence-corrected chi connectivity index (χ0v) is 22.5. The van der Waals surface area contributed by atoms with E-state index in [0.29, 0.717) is 24.5 Å². The van der Waals surface area contributed by atoms with E-state index < -0.39 is 8.07 Å². The maximum atomic E-state index is 11.9. The molecule has 0 aliphatic heterocycles. The van der Waals surface area contributed by atoms with Crippen molar-refractivity contribution in [1.29, 1.82) is 0 Å². The van der Waals surface area contributed by atoms with Gasteiger partial charge in [0, 0.05) is 20.8 Å². The summed E-state index contributed by atoms with van der Waals surface area (Å²) >= 11 is 0. The average molecular weight is 447 g/mol. The Morgan fingerprint density at radius 1 is 1.13 bits per heavy atom. The van der Waals surface area contributed by atoms with Crippen molar-refractivity contribution in [2.24, 2.45) is 17.3 Å². The molecule has 1 rings (SSSR count). The third-order valence-corrected chi connectivity index (χ3v) is 7.94. The van der Waals surface area contributed by atoms with Gasteiger partial charge in [-0.05, 0) is 62.5 Å². The van der Waals surface area contributed by atoms with Crippen LogP contribution in [0.1, 0.15) is 54.4 Å². The highest BCUT2D eigenvalue weighted by Crippen LogP contribution is 2.45. The molecule has 0 spiro atoms. The predicted octanol–water partition coefficient (Wildman–Crippen LogP) is 7.35. The van der Waals surface area contributed by atoms with E-state index in [-0.39, 0.29) is 11.4 Å². The van der Waals surface area contributed by atoms with Crippen molar-refractivity contribution in [1.82, 2.24) is 0 Å². The van der Waals surface area contributed by atoms with Crippen LogP contribution in [0.2, 0.25) is 25.7 Å². The topological polar surface area (TPSA) is 35.5 Å². The molecule has 0 aromatic carbocycles. The molecule has 31 heavy (non-hydrogen) atoms. The van der Waals surface area contributed by atoms with Gasteiger partial charge in [0.25, 0.3) is 0 Å². The minimum absolute atomic E-state index is 0.252. The molecule has 0 bridgehead atoms. The van der Waals surface area contributed by atoms with Crippen LogP contribution < -0.4 is 0 Å². The summed E-state index contributed by atoms with van der Waals surface area (Å²) in [5.74, 6) is 0.761. The van der Waals surface area contributed by atoms with Gasteiger partial charge in [-0.2, -0.15) is 0 Å². The number of allylic oxidation sites excluding steroid dienone is 7. The Hall–Kier alpha value is -1.39. The molecule has 0 amide bonds. The molecule has 1 aliphatic carbocycles. The third-order valence-electron chi connectivity index (χ3n) is 6.24. The molecule has 0 saturated heterocycles. The van der Waals surface area contributed by atoms with E-state index in [2.05, 4.69) is 72.5 Å². The van der Waals surface area contributed by atoms with E-state index >= 15 is 0 Å². The molecule has 0 N–H and O–H groups in total. The van der Waals surface area contributed by atoms with E-state index in [0.717, 1.165) is 24.6 Å². The number of hydrogen-bond donors (Lipinski definition) is 0. The molecule has 1 aliphatic rings. The molecule has 3 nitrogen and oxygen atoms in total. The van der Waals surface area contributed by atoms with E-state index in [1.165, 1.54) is 12.0 Å². The standard InChI is InChI=1S/C27H46O3Si/c1-10-29-25-16-17-27(5,6)24(23(25)4)15-14-21(2)12-11-13-22(3)20-26(28)30-18-19-31(7,8)9/h11-15,20,23-25H,10,16-19H2,1-9H3. The second kappa shape index (κ2) is 12.6. The van der Waals surface area contributed by atoms with Crippen molar-refractivity contribution in [2.45, 2.75) is 86.2 Å². The van der Waals surface area contributed by atoms with Crippen LogP contribution in [-0.4, -0.2) is 33.4 Å². The lowest BCUT2D eigenvalue weighted by Crippen LogP contribution is -2.41. The molecular formula is C27H46O3Si. The van der Waals surface area contributed by atoms with Gasteiger partial charge in [-0.15, -0.1) is 0 Å². The summed E-state index contributed by atoms with van der Waals surface area (Å²) < 4.78 is 11.3. The third kappa shape index (κ3) is 10.6. The van der Waals surface area contributed by atoms with Crippen LogP contribution in [0.5, 0.6) is 0 Å². The molecule has 0 aromatic rings.